The number of benzene rings is 1. The molecule has 3 rings (SSSR count). The predicted octanol–water partition coefficient (Wildman–Crippen LogP) is 2.57. The van der Waals surface area contributed by atoms with Crippen molar-refractivity contribution in [1.82, 2.24) is 9.97 Å². The second-order valence-corrected chi connectivity index (χ2v) is 5.12. The molecule has 1 aromatic heterocycles. The standard InChI is InChI=1S/C16H16N4/c17-11-15-16(20-8-7-18-15)19-6-5-12-9-13-3-1-2-4-14(13)10-12/h1-4,7-8,12H,5-6,9-10H2,(H,19,20). The Balaban J connectivity index is 1.54. The van der Waals surface area contributed by atoms with Crippen LogP contribution < -0.4 is 5.32 Å². The Bertz CT molecular complexity index is 620. The van der Waals surface area contributed by atoms with E-state index in [1.165, 1.54) is 17.3 Å². The molecule has 1 aromatic carbocycles. The topological polar surface area (TPSA) is 61.6 Å². The molecule has 2 aromatic rings. The minimum absolute atomic E-state index is 0.363. The molecule has 4 heteroatoms. The summed E-state index contributed by atoms with van der Waals surface area (Å²) < 4.78 is 0. The van der Waals surface area contributed by atoms with Gasteiger partial charge in [-0.25, -0.2) is 9.97 Å². The molecule has 20 heavy (non-hydrogen) atoms. The van der Waals surface area contributed by atoms with Crippen LogP contribution in [0.25, 0.3) is 0 Å². The Hall–Kier alpha value is -2.41. The van der Waals surface area contributed by atoms with Crippen molar-refractivity contribution in [3.8, 4) is 6.07 Å². The third kappa shape index (κ3) is 2.62. The van der Waals surface area contributed by atoms with Gasteiger partial charge in [-0.2, -0.15) is 5.26 Å². The van der Waals surface area contributed by atoms with Crippen LogP contribution in [0.4, 0.5) is 5.82 Å². The molecule has 0 fully saturated rings. The van der Waals surface area contributed by atoms with E-state index in [0.29, 0.717) is 17.4 Å². The number of fused-ring (bicyclic) bond motifs is 1. The maximum atomic E-state index is 8.96. The van der Waals surface area contributed by atoms with Crippen molar-refractivity contribution < 1.29 is 0 Å². The van der Waals surface area contributed by atoms with E-state index in [0.717, 1.165) is 25.8 Å². The van der Waals surface area contributed by atoms with Gasteiger partial charge in [0.1, 0.15) is 6.07 Å². The van der Waals surface area contributed by atoms with Crippen LogP contribution in [0.3, 0.4) is 0 Å². The van der Waals surface area contributed by atoms with Crippen LogP contribution in [0.1, 0.15) is 23.2 Å². The third-order valence-corrected chi connectivity index (χ3v) is 3.78. The normalized spacial score (nSPS) is 13.8. The number of hydrogen-bond donors (Lipinski definition) is 1. The van der Waals surface area contributed by atoms with Gasteiger partial charge in [0.25, 0.3) is 0 Å². The lowest BCUT2D eigenvalue weighted by Gasteiger charge is -2.10. The van der Waals surface area contributed by atoms with E-state index in [2.05, 4.69) is 45.6 Å². The zero-order valence-electron chi connectivity index (χ0n) is 11.2. The maximum absolute atomic E-state index is 8.96. The minimum atomic E-state index is 0.363. The van der Waals surface area contributed by atoms with E-state index >= 15 is 0 Å². The van der Waals surface area contributed by atoms with Crippen molar-refractivity contribution in [3.63, 3.8) is 0 Å². The quantitative estimate of drug-likeness (QED) is 0.922. The molecule has 0 unspecified atom stereocenters. The SMILES string of the molecule is N#Cc1nccnc1NCCC1Cc2ccccc2C1. The lowest BCUT2D eigenvalue weighted by atomic mass is 10.0. The number of nitrogens with one attached hydrogen (secondary N) is 1. The summed E-state index contributed by atoms with van der Waals surface area (Å²) in [5.41, 5.74) is 3.33. The zero-order chi connectivity index (χ0) is 13.8. The Morgan fingerprint density at radius 2 is 1.85 bits per heavy atom. The molecule has 1 aliphatic rings. The van der Waals surface area contributed by atoms with Crippen LogP contribution >= 0.6 is 0 Å². The second-order valence-electron chi connectivity index (χ2n) is 5.12. The van der Waals surface area contributed by atoms with Crippen molar-refractivity contribution in [2.24, 2.45) is 5.92 Å². The second kappa shape index (κ2) is 5.70. The van der Waals surface area contributed by atoms with Crippen LogP contribution in [0.15, 0.2) is 36.7 Å². The summed E-state index contributed by atoms with van der Waals surface area (Å²) >= 11 is 0. The van der Waals surface area contributed by atoms with Crippen LogP contribution in [-0.2, 0) is 12.8 Å². The van der Waals surface area contributed by atoms with Crippen molar-refractivity contribution in [2.75, 3.05) is 11.9 Å². The number of hydrogen-bond acceptors (Lipinski definition) is 4. The highest BCUT2D eigenvalue weighted by molar-refractivity contribution is 5.46. The van der Waals surface area contributed by atoms with Crippen LogP contribution in [0.2, 0.25) is 0 Å². The van der Waals surface area contributed by atoms with Crippen LogP contribution in [-0.4, -0.2) is 16.5 Å². The molecule has 0 amide bonds. The van der Waals surface area contributed by atoms with Crippen molar-refractivity contribution >= 4 is 5.82 Å². The fourth-order valence-electron chi connectivity index (χ4n) is 2.80. The average Bonchev–Trinajstić information content (AvgIpc) is 2.90. The molecule has 0 bridgehead atoms. The van der Waals surface area contributed by atoms with Gasteiger partial charge in [0.15, 0.2) is 11.5 Å². The third-order valence-electron chi connectivity index (χ3n) is 3.78. The highest BCUT2D eigenvalue weighted by atomic mass is 15.0. The molecular formula is C16H16N4. The number of nitrogens with zero attached hydrogens (tertiary/aromatic N) is 3. The van der Waals surface area contributed by atoms with E-state index in [-0.39, 0.29) is 0 Å². The number of aromatic nitrogens is 2. The summed E-state index contributed by atoms with van der Waals surface area (Å²) in [6.07, 6.45) is 6.54. The summed E-state index contributed by atoms with van der Waals surface area (Å²) in [6.45, 7) is 0.825. The number of anilines is 1. The molecule has 100 valence electrons. The molecule has 0 saturated carbocycles. The van der Waals surface area contributed by atoms with E-state index in [4.69, 9.17) is 5.26 Å². The Kier molecular flexibility index (Phi) is 3.60. The Morgan fingerprint density at radius 1 is 1.15 bits per heavy atom. The first kappa shape index (κ1) is 12.6. The van der Waals surface area contributed by atoms with Crippen LogP contribution in [0.5, 0.6) is 0 Å². The molecule has 0 aliphatic heterocycles. The summed E-state index contributed by atoms with van der Waals surface area (Å²) in [4.78, 5) is 8.15. The first-order valence-electron chi connectivity index (χ1n) is 6.88. The van der Waals surface area contributed by atoms with Gasteiger partial charge in [-0.05, 0) is 36.3 Å². The van der Waals surface area contributed by atoms with Crippen molar-refractivity contribution in [1.29, 1.82) is 5.26 Å². The average molecular weight is 264 g/mol. The van der Waals surface area contributed by atoms with Crippen molar-refractivity contribution in [3.05, 3.63) is 53.5 Å². The molecule has 1 N–H and O–H groups in total. The fourth-order valence-corrected chi connectivity index (χ4v) is 2.80. The van der Waals surface area contributed by atoms with Gasteiger partial charge >= 0.3 is 0 Å². The van der Waals surface area contributed by atoms with Gasteiger partial charge in [-0.1, -0.05) is 24.3 Å². The van der Waals surface area contributed by atoms with Crippen molar-refractivity contribution in [2.45, 2.75) is 19.3 Å². The van der Waals surface area contributed by atoms with E-state index < -0.39 is 0 Å². The monoisotopic (exact) mass is 264 g/mol. The van der Waals surface area contributed by atoms with Gasteiger partial charge in [0.2, 0.25) is 0 Å². The molecule has 0 saturated heterocycles. The van der Waals surface area contributed by atoms with Gasteiger partial charge < -0.3 is 5.32 Å². The molecule has 0 spiro atoms. The van der Waals surface area contributed by atoms with Gasteiger partial charge in [-0.3, -0.25) is 0 Å². The molecule has 4 nitrogen and oxygen atoms in total. The lowest BCUT2D eigenvalue weighted by Crippen LogP contribution is -2.11. The first-order valence-corrected chi connectivity index (χ1v) is 6.88. The molecule has 1 aliphatic carbocycles. The number of nitriles is 1. The summed E-state index contributed by atoms with van der Waals surface area (Å²) in [5, 5.41) is 12.2. The Labute approximate surface area is 118 Å². The highest BCUT2D eigenvalue weighted by Crippen LogP contribution is 2.28. The van der Waals surface area contributed by atoms with Gasteiger partial charge in [0, 0.05) is 18.9 Å². The van der Waals surface area contributed by atoms with Gasteiger partial charge in [-0.15, -0.1) is 0 Å². The highest BCUT2D eigenvalue weighted by Gasteiger charge is 2.20. The molecular weight excluding hydrogens is 248 g/mol. The Morgan fingerprint density at radius 3 is 2.55 bits per heavy atom. The minimum Gasteiger partial charge on any atom is -0.368 e. The van der Waals surface area contributed by atoms with Gasteiger partial charge in [0.05, 0.1) is 0 Å². The van der Waals surface area contributed by atoms with E-state index in [9.17, 15) is 0 Å². The van der Waals surface area contributed by atoms with E-state index in [1.54, 1.807) is 6.20 Å². The fraction of sp³-hybridized carbons (Fsp3) is 0.312. The summed E-state index contributed by atoms with van der Waals surface area (Å²) in [5.74, 6) is 1.27. The zero-order valence-corrected chi connectivity index (χ0v) is 11.2. The van der Waals surface area contributed by atoms with E-state index in [1.807, 2.05) is 0 Å². The lowest BCUT2D eigenvalue weighted by molar-refractivity contribution is 0.529. The molecule has 0 atom stereocenters. The summed E-state index contributed by atoms with van der Waals surface area (Å²) in [7, 11) is 0. The molecule has 0 radical (unpaired) electrons. The first-order chi connectivity index (χ1) is 9.86. The smallest absolute Gasteiger partial charge is 0.182 e. The molecule has 1 heterocycles. The number of rotatable bonds is 4. The predicted molar refractivity (Wildman–Crippen MR) is 77.2 cm³/mol. The maximum Gasteiger partial charge on any atom is 0.182 e. The van der Waals surface area contributed by atoms with Crippen LogP contribution in [0, 0.1) is 17.2 Å². The largest absolute Gasteiger partial charge is 0.368 e. The summed E-state index contributed by atoms with van der Waals surface area (Å²) in [6, 6.07) is 10.7.